The minimum atomic E-state index is -7.43. The molecule has 0 rings (SSSR count). The first kappa shape index (κ1) is 32.5. The van der Waals surface area contributed by atoms with Gasteiger partial charge in [0.1, 0.15) is 10.5 Å². The van der Waals surface area contributed by atoms with E-state index in [1.165, 1.54) is 0 Å². The van der Waals surface area contributed by atoms with Crippen molar-refractivity contribution < 1.29 is 57.3 Å². The van der Waals surface area contributed by atoms with Crippen LogP contribution in [-0.4, -0.2) is 58.3 Å². The molecule has 0 aliphatic heterocycles. The zero-order chi connectivity index (χ0) is 26.0. The Morgan fingerprint density at radius 2 is 1.13 bits per heavy atom. The third-order valence-corrected chi connectivity index (χ3v) is 7.68. The zero-order valence-electron chi connectivity index (χ0n) is 17.7. The molecule has 0 saturated carbocycles. The van der Waals surface area contributed by atoms with Crippen LogP contribution in [0.5, 0.6) is 0 Å². The lowest BCUT2D eigenvalue weighted by molar-refractivity contribution is -0.382. The normalized spacial score (nSPS) is 14.7. The monoisotopic (exact) mass is 516 g/mol. The SMILES string of the molecule is CC(C)[S+](CC(=O)C(C)(C)C)C(C)C.O=S(=O)([O-])C(F)(F)C(F)(F)C(F)(F)C(F)(F)F. The van der Waals surface area contributed by atoms with Crippen molar-refractivity contribution in [2.45, 2.75) is 82.2 Å². The number of hydrogen-bond acceptors (Lipinski definition) is 4. The van der Waals surface area contributed by atoms with E-state index in [0.717, 1.165) is 5.75 Å². The Hall–Kier alpha value is -0.700. The number of carbonyl (C=O) groups excluding carboxylic acids is 1. The number of Topliss-reactive ketones (excluding diaryl/α,β-unsaturated/α-hetero) is 1. The maximum Gasteiger partial charge on any atom is 0.460 e. The molecule has 0 aromatic heterocycles. The highest BCUT2D eigenvalue weighted by molar-refractivity contribution is 7.98. The minimum absolute atomic E-state index is 0.172. The molecule has 0 N–H and O–H groups in total. The van der Waals surface area contributed by atoms with Crippen LogP contribution in [0.15, 0.2) is 0 Å². The van der Waals surface area contributed by atoms with E-state index in [1.54, 1.807) is 0 Å². The Kier molecular flexibility index (Phi) is 10.5. The second-order valence-electron chi connectivity index (χ2n) is 8.00. The van der Waals surface area contributed by atoms with Gasteiger partial charge in [-0.2, -0.15) is 39.5 Å². The highest BCUT2D eigenvalue weighted by atomic mass is 32.2. The van der Waals surface area contributed by atoms with Crippen LogP contribution in [0, 0.1) is 5.41 Å². The average molecular weight is 516 g/mol. The fourth-order valence-corrected chi connectivity index (χ4v) is 4.70. The lowest BCUT2D eigenvalue weighted by atomic mass is 9.92. The summed E-state index contributed by atoms with van der Waals surface area (Å²) in [5, 5.41) is -5.86. The molecule has 0 aliphatic rings. The van der Waals surface area contributed by atoms with Crippen LogP contribution in [0.4, 0.5) is 39.5 Å². The Morgan fingerprint density at radius 3 is 1.32 bits per heavy atom. The van der Waals surface area contributed by atoms with Crippen molar-refractivity contribution in [1.82, 2.24) is 0 Å². The van der Waals surface area contributed by atoms with E-state index < -0.39 is 33.4 Å². The number of hydrogen-bond donors (Lipinski definition) is 0. The first-order valence-corrected chi connectivity index (χ1v) is 11.5. The molecule has 188 valence electrons. The minimum Gasteiger partial charge on any atom is -0.743 e. The smallest absolute Gasteiger partial charge is 0.460 e. The summed E-state index contributed by atoms with van der Waals surface area (Å²) in [6.07, 6.45) is -7.16. The van der Waals surface area contributed by atoms with Gasteiger partial charge in [-0.3, -0.25) is 4.79 Å². The van der Waals surface area contributed by atoms with Crippen molar-refractivity contribution in [2.75, 3.05) is 5.75 Å². The third kappa shape index (κ3) is 7.69. The van der Waals surface area contributed by atoms with Crippen LogP contribution < -0.4 is 0 Å². The molecule has 0 aromatic rings. The van der Waals surface area contributed by atoms with Gasteiger partial charge in [0, 0.05) is 5.41 Å². The molecule has 4 nitrogen and oxygen atoms in total. The van der Waals surface area contributed by atoms with Gasteiger partial charge >= 0.3 is 23.3 Å². The molecule has 15 heteroatoms. The van der Waals surface area contributed by atoms with E-state index in [4.69, 9.17) is 0 Å². The Morgan fingerprint density at radius 1 is 0.806 bits per heavy atom. The molecular weight excluding hydrogens is 491 g/mol. The molecule has 0 fully saturated rings. The fraction of sp³-hybridized carbons (Fsp3) is 0.938. The average Bonchev–Trinajstić information content (AvgIpc) is 2.48. The van der Waals surface area contributed by atoms with Gasteiger partial charge in [0.15, 0.2) is 21.7 Å². The molecule has 0 heterocycles. The number of carbonyl (C=O) groups is 1. The highest BCUT2D eigenvalue weighted by Crippen LogP contribution is 2.54. The van der Waals surface area contributed by atoms with Crippen molar-refractivity contribution in [3.63, 3.8) is 0 Å². The summed E-state index contributed by atoms with van der Waals surface area (Å²) >= 11 is 0. The molecule has 0 bridgehead atoms. The summed E-state index contributed by atoms with van der Waals surface area (Å²) in [5.41, 5.74) is -0.172. The number of rotatable bonds is 7. The Balaban J connectivity index is 0. The van der Waals surface area contributed by atoms with Crippen LogP contribution in [0.1, 0.15) is 48.5 Å². The Bertz CT molecular complexity index is 702. The number of halogens is 9. The van der Waals surface area contributed by atoms with E-state index in [-0.39, 0.29) is 16.3 Å². The Labute approximate surface area is 178 Å². The van der Waals surface area contributed by atoms with Gasteiger partial charge in [0.05, 0.1) is 0 Å². The maximum atomic E-state index is 12.2. The molecule has 0 amide bonds. The third-order valence-electron chi connectivity index (χ3n) is 3.78. The first-order chi connectivity index (χ1) is 13.2. The van der Waals surface area contributed by atoms with Gasteiger partial charge in [-0.25, -0.2) is 8.42 Å². The van der Waals surface area contributed by atoms with Crippen molar-refractivity contribution in [3.8, 4) is 0 Å². The van der Waals surface area contributed by atoms with E-state index >= 15 is 0 Å². The number of ketones is 1. The lowest BCUT2D eigenvalue weighted by Gasteiger charge is -2.34. The van der Waals surface area contributed by atoms with Gasteiger partial charge in [0.2, 0.25) is 0 Å². The van der Waals surface area contributed by atoms with Crippen LogP contribution in [0.3, 0.4) is 0 Å². The predicted octanol–water partition coefficient (Wildman–Crippen LogP) is 4.99. The lowest BCUT2D eigenvalue weighted by Crippen LogP contribution is -2.63. The van der Waals surface area contributed by atoms with Crippen molar-refractivity contribution >= 4 is 26.8 Å². The van der Waals surface area contributed by atoms with Crippen molar-refractivity contribution in [1.29, 1.82) is 0 Å². The molecule has 0 saturated heterocycles. The van der Waals surface area contributed by atoms with Gasteiger partial charge in [0.25, 0.3) is 0 Å². The van der Waals surface area contributed by atoms with E-state index in [9.17, 15) is 57.3 Å². The summed E-state index contributed by atoms with van der Waals surface area (Å²) in [4.78, 5) is 11.9. The van der Waals surface area contributed by atoms with E-state index in [1.807, 2.05) is 20.8 Å². The van der Waals surface area contributed by atoms with Crippen LogP contribution in [0.2, 0.25) is 0 Å². The van der Waals surface area contributed by atoms with E-state index in [0.29, 0.717) is 16.3 Å². The predicted molar refractivity (Wildman–Crippen MR) is 97.6 cm³/mol. The van der Waals surface area contributed by atoms with Crippen molar-refractivity contribution in [3.05, 3.63) is 0 Å². The molecule has 0 unspecified atom stereocenters. The molecular formula is C16H25F9O4S2. The van der Waals surface area contributed by atoms with Gasteiger partial charge < -0.3 is 4.55 Å². The van der Waals surface area contributed by atoms with Gasteiger partial charge in [-0.15, -0.1) is 0 Å². The second-order valence-corrected chi connectivity index (χ2v) is 12.5. The second kappa shape index (κ2) is 10.1. The molecule has 0 aromatic carbocycles. The largest absolute Gasteiger partial charge is 0.743 e. The molecule has 0 radical (unpaired) electrons. The quantitative estimate of drug-likeness (QED) is 0.271. The summed E-state index contributed by atoms with van der Waals surface area (Å²) < 4.78 is 135. The fourth-order valence-electron chi connectivity index (χ4n) is 1.76. The van der Waals surface area contributed by atoms with Gasteiger partial charge in [-0.1, -0.05) is 20.8 Å². The first-order valence-electron chi connectivity index (χ1n) is 8.53. The summed E-state index contributed by atoms with van der Waals surface area (Å²) in [7, 11) is -7.17. The van der Waals surface area contributed by atoms with Gasteiger partial charge in [-0.05, 0) is 38.6 Å². The highest BCUT2D eigenvalue weighted by Gasteiger charge is 2.83. The zero-order valence-corrected chi connectivity index (χ0v) is 19.3. The van der Waals surface area contributed by atoms with Crippen LogP contribution in [0.25, 0.3) is 0 Å². The van der Waals surface area contributed by atoms with Crippen LogP contribution >= 0.6 is 0 Å². The number of alkyl halides is 9. The summed E-state index contributed by atoms with van der Waals surface area (Å²) in [6, 6.07) is 0. The standard InChI is InChI=1S/C12H25OS.C4HF9O3S/c1-9(2)14(10(3)4)8-11(13)12(5,6)7;5-1(6,3(9,10)11)2(7,8)4(12,13)17(14,15)16/h9-10H,8H2,1-7H3;(H,14,15,16)/q+1;/p-1. The van der Waals surface area contributed by atoms with E-state index in [2.05, 4.69) is 27.7 Å². The summed E-state index contributed by atoms with van der Waals surface area (Å²) in [5.74, 6) is -13.7. The summed E-state index contributed by atoms with van der Waals surface area (Å²) in [6.45, 7) is 14.9. The topological polar surface area (TPSA) is 74.3 Å². The maximum absolute atomic E-state index is 12.2. The van der Waals surface area contributed by atoms with Crippen LogP contribution in [-0.2, 0) is 25.8 Å². The molecule has 0 spiro atoms. The molecule has 0 atom stereocenters. The molecule has 31 heavy (non-hydrogen) atoms. The van der Waals surface area contributed by atoms with Crippen molar-refractivity contribution in [2.24, 2.45) is 5.41 Å². The molecule has 0 aliphatic carbocycles.